The first-order valence-electron chi connectivity index (χ1n) is 13.2. The van der Waals surface area contributed by atoms with E-state index in [1.807, 2.05) is 55.5 Å². The van der Waals surface area contributed by atoms with Crippen LogP contribution in [0.3, 0.4) is 0 Å². The first kappa shape index (κ1) is 29.0. The second kappa shape index (κ2) is 15.7. The number of anilines is 1. The largest absolute Gasteiger partial charge is 0.493 e. The van der Waals surface area contributed by atoms with Crippen LogP contribution in [0, 0.1) is 0 Å². The molecule has 6 heteroatoms. The normalized spacial score (nSPS) is 11.2. The van der Waals surface area contributed by atoms with Crippen molar-refractivity contribution < 1.29 is 19.1 Å². The SMILES string of the molecule is CCCCCNC(=O)N(C)c1cccc(-c2ccc(C=C(CC)C(=O)OCC)cc2OCCCC)c1. The summed E-state index contributed by atoms with van der Waals surface area (Å²) in [4.78, 5) is 26.5. The Morgan fingerprint density at radius 2 is 1.75 bits per heavy atom. The number of amides is 2. The van der Waals surface area contributed by atoms with Crippen LogP contribution in [-0.4, -0.2) is 38.8 Å². The van der Waals surface area contributed by atoms with Crippen molar-refractivity contribution in [1.82, 2.24) is 5.32 Å². The molecule has 36 heavy (non-hydrogen) atoms. The number of benzene rings is 2. The van der Waals surface area contributed by atoms with E-state index in [-0.39, 0.29) is 12.0 Å². The van der Waals surface area contributed by atoms with Crippen molar-refractivity contribution in [2.24, 2.45) is 0 Å². The summed E-state index contributed by atoms with van der Waals surface area (Å²) in [5.74, 6) is 0.460. The number of rotatable bonds is 14. The second-order valence-corrected chi connectivity index (χ2v) is 8.75. The third kappa shape index (κ3) is 8.74. The van der Waals surface area contributed by atoms with Gasteiger partial charge in [-0.2, -0.15) is 0 Å². The molecule has 0 aliphatic carbocycles. The van der Waals surface area contributed by atoms with Crippen LogP contribution >= 0.6 is 0 Å². The van der Waals surface area contributed by atoms with Gasteiger partial charge in [-0.1, -0.05) is 64.3 Å². The summed E-state index contributed by atoms with van der Waals surface area (Å²) in [5, 5.41) is 2.99. The number of nitrogens with zero attached hydrogens (tertiary/aromatic N) is 1. The number of carbonyl (C=O) groups excluding carboxylic acids is 2. The fourth-order valence-corrected chi connectivity index (χ4v) is 3.73. The summed E-state index contributed by atoms with van der Waals surface area (Å²) in [5.41, 5.74) is 4.21. The van der Waals surface area contributed by atoms with Crippen molar-refractivity contribution in [2.75, 3.05) is 31.7 Å². The third-order valence-electron chi connectivity index (χ3n) is 5.93. The van der Waals surface area contributed by atoms with Crippen molar-refractivity contribution in [1.29, 1.82) is 0 Å². The molecule has 2 rings (SSSR count). The van der Waals surface area contributed by atoms with E-state index >= 15 is 0 Å². The van der Waals surface area contributed by atoms with E-state index in [1.54, 1.807) is 18.9 Å². The summed E-state index contributed by atoms with van der Waals surface area (Å²) >= 11 is 0. The summed E-state index contributed by atoms with van der Waals surface area (Å²) in [6, 6.07) is 13.7. The van der Waals surface area contributed by atoms with Gasteiger partial charge in [0.15, 0.2) is 0 Å². The Kier molecular flexibility index (Phi) is 12.6. The van der Waals surface area contributed by atoms with Gasteiger partial charge in [0.2, 0.25) is 0 Å². The average Bonchev–Trinajstić information content (AvgIpc) is 2.89. The van der Waals surface area contributed by atoms with Gasteiger partial charge in [0.05, 0.1) is 13.2 Å². The van der Waals surface area contributed by atoms with Crippen molar-refractivity contribution in [3.63, 3.8) is 0 Å². The highest BCUT2D eigenvalue weighted by Gasteiger charge is 2.14. The fourth-order valence-electron chi connectivity index (χ4n) is 3.73. The van der Waals surface area contributed by atoms with E-state index in [0.29, 0.717) is 31.8 Å². The summed E-state index contributed by atoms with van der Waals surface area (Å²) in [7, 11) is 1.78. The lowest BCUT2D eigenvalue weighted by Crippen LogP contribution is -2.37. The Morgan fingerprint density at radius 3 is 2.44 bits per heavy atom. The lowest BCUT2D eigenvalue weighted by Gasteiger charge is -2.20. The van der Waals surface area contributed by atoms with Gasteiger partial charge in [-0.25, -0.2) is 9.59 Å². The smallest absolute Gasteiger partial charge is 0.333 e. The summed E-state index contributed by atoms with van der Waals surface area (Å²) in [6.07, 6.45) is 7.63. The quantitative estimate of drug-likeness (QED) is 0.171. The van der Waals surface area contributed by atoms with Crippen LogP contribution in [-0.2, 0) is 9.53 Å². The maximum atomic E-state index is 12.6. The van der Waals surface area contributed by atoms with Crippen LogP contribution in [0.15, 0.2) is 48.0 Å². The number of urea groups is 1. The molecule has 0 spiro atoms. The van der Waals surface area contributed by atoms with Crippen LogP contribution < -0.4 is 15.0 Å². The average molecular weight is 495 g/mol. The molecule has 0 radical (unpaired) electrons. The molecule has 6 nitrogen and oxygen atoms in total. The molecule has 196 valence electrons. The van der Waals surface area contributed by atoms with Gasteiger partial charge in [-0.3, -0.25) is 4.90 Å². The Balaban J connectivity index is 2.35. The number of hydrogen-bond acceptors (Lipinski definition) is 4. The molecular formula is C30H42N2O4. The highest BCUT2D eigenvalue weighted by atomic mass is 16.5. The highest BCUT2D eigenvalue weighted by molar-refractivity contribution is 5.94. The van der Waals surface area contributed by atoms with Gasteiger partial charge in [0.25, 0.3) is 0 Å². The molecule has 2 aromatic rings. The predicted molar refractivity (Wildman–Crippen MR) is 149 cm³/mol. The maximum absolute atomic E-state index is 12.6. The minimum atomic E-state index is -0.291. The molecule has 0 aromatic heterocycles. The molecule has 2 aromatic carbocycles. The monoisotopic (exact) mass is 494 g/mol. The zero-order valence-corrected chi connectivity index (χ0v) is 22.6. The van der Waals surface area contributed by atoms with E-state index in [2.05, 4.69) is 19.2 Å². The number of ether oxygens (including phenoxy) is 2. The molecule has 0 aliphatic rings. The molecular weight excluding hydrogens is 452 g/mol. The van der Waals surface area contributed by atoms with Crippen molar-refractivity contribution in [2.45, 2.75) is 66.2 Å². The molecule has 0 bridgehead atoms. The van der Waals surface area contributed by atoms with Gasteiger partial charge in [0.1, 0.15) is 5.75 Å². The Bertz CT molecular complexity index is 1020. The number of nitrogens with one attached hydrogen (secondary N) is 1. The van der Waals surface area contributed by atoms with Gasteiger partial charge in [0, 0.05) is 30.4 Å². The van der Waals surface area contributed by atoms with Gasteiger partial charge >= 0.3 is 12.0 Å². The van der Waals surface area contributed by atoms with E-state index in [1.165, 1.54) is 0 Å². The summed E-state index contributed by atoms with van der Waals surface area (Å²) in [6.45, 7) is 9.65. The summed E-state index contributed by atoms with van der Waals surface area (Å²) < 4.78 is 11.4. The van der Waals surface area contributed by atoms with Crippen LogP contribution in [0.2, 0.25) is 0 Å². The molecule has 0 fully saturated rings. The molecule has 0 heterocycles. The predicted octanol–water partition coefficient (Wildman–Crippen LogP) is 7.23. The van der Waals surface area contributed by atoms with Crippen molar-refractivity contribution in [3.05, 3.63) is 53.6 Å². The van der Waals surface area contributed by atoms with Gasteiger partial charge < -0.3 is 14.8 Å². The van der Waals surface area contributed by atoms with E-state index in [9.17, 15) is 9.59 Å². The van der Waals surface area contributed by atoms with E-state index < -0.39 is 0 Å². The zero-order chi connectivity index (χ0) is 26.3. The van der Waals surface area contributed by atoms with Crippen LogP contribution in [0.4, 0.5) is 10.5 Å². The van der Waals surface area contributed by atoms with Gasteiger partial charge in [-0.15, -0.1) is 0 Å². The number of unbranched alkanes of at least 4 members (excludes halogenated alkanes) is 3. The van der Waals surface area contributed by atoms with Crippen LogP contribution in [0.5, 0.6) is 5.75 Å². The number of carbonyl (C=O) groups is 2. The van der Waals surface area contributed by atoms with Crippen LogP contribution in [0.1, 0.15) is 71.8 Å². The Morgan fingerprint density at radius 1 is 0.972 bits per heavy atom. The topological polar surface area (TPSA) is 67.9 Å². The first-order chi connectivity index (χ1) is 17.4. The molecule has 1 N–H and O–H groups in total. The van der Waals surface area contributed by atoms with Crippen LogP contribution in [0.25, 0.3) is 17.2 Å². The Hall–Kier alpha value is -3.28. The lowest BCUT2D eigenvalue weighted by atomic mass is 10.0. The Labute approximate surface area is 216 Å². The molecule has 0 aliphatic heterocycles. The molecule has 0 saturated carbocycles. The minimum absolute atomic E-state index is 0.116. The molecule has 0 saturated heterocycles. The maximum Gasteiger partial charge on any atom is 0.333 e. The highest BCUT2D eigenvalue weighted by Crippen LogP contribution is 2.34. The standard InChI is InChI=1S/C30H42N2O4/c1-6-10-12-18-31-30(34)32(5)26-15-13-14-25(22-26)27-17-16-23(21-28(27)36-19-11-7-2)20-24(8-3)29(33)35-9-4/h13-17,20-22H,6-12,18-19H2,1-5H3,(H,31,34). The number of esters is 1. The molecule has 0 atom stereocenters. The van der Waals surface area contributed by atoms with Gasteiger partial charge in [-0.05, 0) is 61.6 Å². The van der Waals surface area contributed by atoms with Crippen molar-refractivity contribution in [3.8, 4) is 16.9 Å². The zero-order valence-electron chi connectivity index (χ0n) is 22.6. The van der Waals surface area contributed by atoms with E-state index in [0.717, 1.165) is 60.2 Å². The minimum Gasteiger partial charge on any atom is -0.493 e. The first-order valence-corrected chi connectivity index (χ1v) is 13.2. The molecule has 0 unspecified atom stereocenters. The molecule has 2 amide bonds. The fraction of sp³-hybridized carbons (Fsp3) is 0.467. The second-order valence-electron chi connectivity index (χ2n) is 8.75. The third-order valence-corrected chi connectivity index (χ3v) is 5.93. The van der Waals surface area contributed by atoms with E-state index in [4.69, 9.17) is 9.47 Å². The van der Waals surface area contributed by atoms with Crippen molar-refractivity contribution >= 4 is 23.8 Å². The lowest BCUT2D eigenvalue weighted by molar-refractivity contribution is -0.138. The number of hydrogen-bond donors (Lipinski definition) is 1.